The molecular formula is C23H30NO3+. The average Bonchev–Trinajstić information content (AvgIpc) is 2.66. The van der Waals surface area contributed by atoms with Gasteiger partial charge in [-0.2, -0.15) is 0 Å². The molecule has 0 saturated heterocycles. The molecular weight excluding hydrogens is 338 g/mol. The van der Waals surface area contributed by atoms with Gasteiger partial charge in [0.1, 0.15) is 30.6 Å². The Hall–Kier alpha value is -2.33. The molecule has 1 aliphatic rings. The SMILES string of the molecule is CCC[N+](C)(CCC)CCOC(=O)C1c2ccccc2Oc2ccccc21. The van der Waals surface area contributed by atoms with Gasteiger partial charge in [0, 0.05) is 11.1 Å². The van der Waals surface area contributed by atoms with Gasteiger partial charge >= 0.3 is 5.97 Å². The molecule has 1 heterocycles. The fourth-order valence-corrected chi connectivity index (χ4v) is 4.03. The predicted molar refractivity (Wildman–Crippen MR) is 107 cm³/mol. The summed E-state index contributed by atoms with van der Waals surface area (Å²) in [6.07, 6.45) is 2.26. The quantitative estimate of drug-likeness (QED) is 0.499. The highest BCUT2D eigenvalue weighted by Crippen LogP contribution is 2.44. The molecule has 2 aromatic carbocycles. The molecule has 0 bridgehead atoms. The van der Waals surface area contributed by atoms with Gasteiger partial charge < -0.3 is 14.0 Å². The van der Waals surface area contributed by atoms with Crippen LogP contribution in [0.15, 0.2) is 48.5 Å². The first-order valence-corrected chi connectivity index (χ1v) is 9.94. The van der Waals surface area contributed by atoms with Crippen molar-refractivity contribution in [3.63, 3.8) is 0 Å². The Balaban J connectivity index is 1.75. The molecule has 0 N–H and O–H groups in total. The fraction of sp³-hybridized carbons (Fsp3) is 0.435. The van der Waals surface area contributed by atoms with E-state index in [1.165, 1.54) is 0 Å². The van der Waals surface area contributed by atoms with E-state index in [2.05, 4.69) is 20.9 Å². The van der Waals surface area contributed by atoms with Crippen LogP contribution in [0.3, 0.4) is 0 Å². The fourth-order valence-electron chi connectivity index (χ4n) is 4.03. The summed E-state index contributed by atoms with van der Waals surface area (Å²) in [5, 5.41) is 0. The highest BCUT2D eigenvalue weighted by Gasteiger charge is 2.34. The Morgan fingerprint density at radius 1 is 0.926 bits per heavy atom. The third-order valence-electron chi connectivity index (χ3n) is 5.32. The first kappa shape index (κ1) is 19.4. The van der Waals surface area contributed by atoms with Gasteiger partial charge in [0.25, 0.3) is 0 Å². The molecule has 4 nitrogen and oxygen atoms in total. The van der Waals surface area contributed by atoms with Crippen LogP contribution in [0, 0.1) is 0 Å². The van der Waals surface area contributed by atoms with Gasteiger partial charge in [-0.3, -0.25) is 4.79 Å². The molecule has 0 saturated carbocycles. The molecule has 0 amide bonds. The van der Waals surface area contributed by atoms with Crippen LogP contribution in [-0.2, 0) is 9.53 Å². The number of fused-ring (bicyclic) bond motifs is 2. The van der Waals surface area contributed by atoms with Gasteiger partial charge in [0.15, 0.2) is 0 Å². The molecule has 0 aromatic heterocycles. The van der Waals surface area contributed by atoms with Crippen molar-refractivity contribution in [2.45, 2.75) is 32.6 Å². The Morgan fingerprint density at radius 2 is 1.44 bits per heavy atom. The van der Waals surface area contributed by atoms with Gasteiger partial charge in [-0.05, 0) is 25.0 Å². The van der Waals surface area contributed by atoms with Crippen molar-refractivity contribution < 1.29 is 18.8 Å². The van der Waals surface area contributed by atoms with E-state index in [4.69, 9.17) is 9.47 Å². The summed E-state index contributed by atoms with van der Waals surface area (Å²) in [5.74, 6) is 0.839. The summed E-state index contributed by atoms with van der Waals surface area (Å²) >= 11 is 0. The van der Waals surface area contributed by atoms with E-state index in [0.29, 0.717) is 6.61 Å². The number of ether oxygens (including phenoxy) is 2. The number of carbonyl (C=O) groups is 1. The molecule has 0 fully saturated rings. The highest BCUT2D eigenvalue weighted by molar-refractivity contribution is 5.85. The maximum absolute atomic E-state index is 13.0. The van der Waals surface area contributed by atoms with Crippen LogP contribution in [0.1, 0.15) is 43.7 Å². The van der Waals surface area contributed by atoms with E-state index in [-0.39, 0.29) is 5.97 Å². The number of esters is 1. The minimum Gasteiger partial charge on any atom is -0.459 e. The number of hydrogen-bond donors (Lipinski definition) is 0. The Labute approximate surface area is 162 Å². The zero-order chi connectivity index (χ0) is 19.3. The first-order valence-electron chi connectivity index (χ1n) is 9.94. The van der Waals surface area contributed by atoms with Crippen molar-refractivity contribution in [2.75, 3.05) is 33.3 Å². The lowest BCUT2D eigenvalue weighted by molar-refractivity contribution is -0.909. The minimum absolute atomic E-state index is 0.197. The topological polar surface area (TPSA) is 35.5 Å². The second-order valence-electron chi connectivity index (χ2n) is 7.57. The summed E-state index contributed by atoms with van der Waals surface area (Å²) in [5.41, 5.74) is 1.75. The van der Waals surface area contributed by atoms with E-state index in [9.17, 15) is 4.79 Å². The molecule has 0 unspecified atom stereocenters. The van der Waals surface area contributed by atoms with Crippen molar-refractivity contribution in [1.82, 2.24) is 0 Å². The number of benzene rings is 2. The third-order valence-corrected chi connectivity index (χ3v) is 5.32. The number of para-hydroxylation sites is 2. The van der Waals surface area contributed by atoms with Crippen LogP contribution in [0.5, 0.6) is 11.5 Å². The van der Waals surface area contributed by atoms with Crippen molar-refractivity contribution in [3.8, 4) is 11.5 Å². The van der Waals surface area contributed by atoms with Crippen molar-refractivity contribution >= 4 is 5.97 Å². The number of nitrogens with zero attached hydrogens (tertiary/aromatic N) is 1. The van der Waals surface area contributed by atoms with E-state index in [1.807, 2.05) is 48.5 Å². The highest BCUT2D eigenvalue weighted by atomic mass is 16.5. The van der Waals surface area contributed by atoms with Crippen LogP contribution in [0.4, 0.5) is 0 Å². The Kier molecular flexibility index (Phi) is 6.17. The molecule has 2 aromatic rings. The number of carbonyl (C=O) groups excluding carboxylic acids is 1. The molecule has 27 heavy (non-hydrogen) atoms. The number of hydrogen-bond acceptors (Lipinski definition) is 3. The normalized spacial score (nSPS) is 13.4. The third kappa shape index (κ3) is 4.33. The lowest BCUT2D eigenvalue weighted by atomic mass is 9.88. The maximum atomic E-state index is 13.0. The van der Waals surface area contributed by atoms with E-state index in [1.54, 1.807) is 0 Å². The van der Waals surface area contributed by atoms with Gasteiger partial charge in [0.2, 0.25) is 0 Å². The Morgan fingerprint density at radius 3 is 1.96 bits per heavy atom. The molecule has 0 aliphatic carbocycles. The van der Waals surface area contributed by atoms with Gasteiger partial charge in [-0.15, -0.1) is 0 Å². The summed E-state index contributed by atoms with van der Waals surface area (Å²) < 4.78 is 12.7. The molecule has 144 valence electrons. The van der Waals surface area contributed by atoms with Gasteiger partial charge in [0.05, 0.1) is 20.1 Å². The van der Waals surface area contributed by atoms with E-state index < -0.39 is 5.92 Å². The van der Waals surface area contributed by atoms with Crippen LogP contribution >= 0.6 is 0 Å². The maximum Gasteiger partial charge on any atom is 0.318 e. The first-order chi connectivity index (χ1) is 13.1. The van der Waals surface area contributed by atoms with Crippen LogP contribution in [0.25, 0.3) is 0 Å². The van der Waals surface area contributed by atoms with E-state index >= 15 is 0 Å². The van der Waals surface area contributed by atoms with Crippen molar-refractivity contribution in [2.24, 2.45) is 0 Å². The largest absolute Gasteiger partial charge is 0.459 e. The van der Waals surface area contributed by atoms with E-state index in [0.717, 1.165) is 59.6 Å². The zero-order valence-electron chi connectivity index (χ0n) is 16.6. The molecule has 3 rings (SSSR count). The van der Waals surface area contributed by atoms with Crippen molar-refractivity contribution in [1.29, 1.82) is 0 Å². The number of rotatable bonds is 8. The predicted octanol–water partition coefficient (Wildman–Crippen LogP) is 4.73. The summed E-state index contributed by atoms with van der Waals surface area (Å²) in [6.45, 7) is 7.90. The monoisotopic (exact) mass is 368 g/mol. The standard InChI is InChI=1S/C23H30NO3/c1-4-14-24(3,15-5-2)16-17-26-23(25)22-18-10-6-8-12-20(18)27-21-13-9-7-11-19(21)22/h6-13,22H,4-5,14-17H2,1-3H3/q+1. The Bertz CT molecular complexity index is 735. The molecule has 0 atom stereocenters. The summed E-state index contributed by atoms with van der Waals surface area (Å²) in [6, 6.07) is 15.4. The van der Waals surface area contributed by atoms with Crippen molar-refractivity contribution in [3.05, 3.63) is 59.7 Å². The van der Waals surface area contributed by atoms with Gasteiger partial charge in [-0.1, -0.05) is 50.2 Å². The molecule has 4 heteroatoms. The summed E-state index contributed by atoms with van der Waals surface area (Å²) in [7, 11) is 2.25. The minimum atomic E-state index is -0.428. The van der Waals surface area contributed by atoms with Crippen LogP contribution < -0.4 is 4.74 Å². The van der Waals surface area contributed by atoms with Crippen LogP contribution in [0.2, 0.25) is 0 Å². The lowest BCUT2D eigenvalue weighted by Gasteiger charge is -2.34. The second kappa shape index (κ2) is 8.57. The molecule has 0 spiro atoms. The summed E-state index contributed by atoms with van der Waals surface area (Å²) in [4.78, 5) is 13.0. The number of likely N-dealkylation sites (N-methyl/N-ethyl adjacent to an activating group) is 1. The smallest absolute Gasteiger partial charge is 0.318 e. The molecule has 0 radical (unpaired) electrons. The second-order valence-corrected chi connectivity index (χ2v) is 7.57. The zero-order valence-corrected chi connectivity index (χ0v) is 16.6. The van der Waals surface area contributed by atoms with Gasteiger partial charge in [-0.25, -0.2) is 0 Å². The molecule has 1 aliphatic heterocycles. The number of quaternary nitrogens is 1. The average molecular weight is 368 g/mol. The lowest BCUT2D eigenvalue weighted by Crippen LogP contribution is -2.47. The van der Waals surface area contributed by atoms with Crippen LogP contribution in [-0.4, -0.2) is 43.7 Å².